The van der Waals surface area contributed by atoms with E-state index < -0.39 is 11.7 Å². The van der Waals surface area contributed by atoms with Crippen LogP contribution in [0.5, 0.6) is 5.88 Å². The van der Waals surface area contributed by atoms with E-state index in [2.05, 4.69) is 20.6 Å². The number of carbonyl (C=O) groups is 1. The lowest BCUT2D eigenvalue weighted by molar-refractivity contribution is 0.0606. The highest BCUT2D eigenvalue weighted by atomic mass is 32.1. The SMILES string of the molecule is COCCn1c(CC2CC=C(c3ncc(F)c(O)n3)CC2)nc2sc(C(=O)OC)cc21. The molecule has 1 aliphatic rings. The van der Waals surface area contributed by atoms with Gasteiger partial charge >= 0.3 is 5.97 Å². The highest BCUT2D eigenvalue weighted by Gasteiger charge is 2.23. The van der Waals surface area contributed by atoms with Gasteiger partial charge in [0.2, 0.25) is 5.82 Å². The first kappa shape index (κ1) is 21.4. The number of nitrogens with zero attached hydrogens (tertiary/aromatic N) is 4. The van der Waals surface area contributed by atoms with Crippen molar-refractivity contribution in [1.29, 1.82) is 0 Å². The van der Waals surface area contributed by atoms with Gasteiger partial charge in [-0.3, -0.25) is 0 Å². The van der Waals surface area contributed by atoms with Crippen LogP contribution in [-0.4, -0.2) is 51.4 Å². The predicted molar refractivity (Wildman–Crippen MR) is 114 cm³/mol. The van der Waals surface area contributed by atoms with Crippen LogP contribution >= 0.6 is 11.3 Å². The molecule has 0 radical (unpaired) electrons. The van der Waals surface area contributed by atoms with Crippen LogP contribution in [0.15, 0.2) is 18.3 Å². The van der Waals surface area contributed by atoms with Crippen LogP contribution in [0.4, 0.5) is 4.39 Å². The third kappa shape index (κ3) is 4.45. The van der Waals surface area contributed by atoms with Crippen molar-refractivity contribution in [2.75, 3.05) is 20.8 Å². The average Bonchev–Trinajstić information content (AvgIpc) is 3.32. The third-order valence-corrected chi connectivity index (χ3v) is 6.43. The lowest BCUT2D eigenvalue weighted by Gasteiger charge is -2.21. The highest BCUT2D eigenvalue weighted by Crippen LogP contribution is 2.33. The molecule has 0 amide bonds. The van der Waals surface area contributed by atoms with E-state index in [1.807, 2.05) is 6.07 Å². The number of aromatic hydroxyl groups is 1. The maximum Gasteiger partial charge on any atom is 0.348 e. The number of allylic oxidation sites excluding steroid dienone is 2. The summed E-state index contributed by atoms with van der Waals surface area (Å²) < 4.78 is 25.4. The number of imidazole rings is 1. The van der Waals surface area contributed by atoms with Crippen molar-refractivity contribution in [2.24, 2.45) is 5.92 Å². The minimum atomic E-state index is -0.823. The maximum atomic E-state index is 13.2. The fourth-order valence-electron chi connectivity index (χ4n) is 3.80. The molecule has 31 heavy (non-hydrogen) atoms. The summed E-state index contributed by atoms with van der Waals surface area (Å²) in [5, 5.41) is 9.49. The van der Waals surface area contributed by atoms with E-state index in [-0.39, 0.29) is 5.97 Å². The van der Waals surface area contributed by atoms with Crippen LogP contribution < -0.4 is 0 Å². The molecule has 1 aliphatic carbocycles. The molecular formula is C21H23FN4O4S. The van der Waals surface area contributed by atoms with Crippen LogP contribution in [-0.2, 0) is 22.4 Å². The van der Waals surface area contributed by atoms with Gasteiger partial charge in [0.15, 0.2) is 5.82 Å². The summed E-state index contributed by atoms with van der Waals surface area (Å²) in [6.07, 6.45) is 6.31. The standard InChI is InChI=1S/C21H23FN4O4S/c1-29-8-7-26-15-10-16(21(28)30-2)31-20(15)24-17(26)9-12-3-5-13(6-4-12)18-23-11-14(22)19(27)25-18/h5,10-12H,3-4,6-9H2,1-2H3,(H,23,25,27). The number of aromatic nitrogens is 4. The molecule has 164 valence electrons. The largest absolute Gasteiger partial charge is 0.491 e. The van der Waals surface area contributed by atoms with Gasteiger partial charge in [-0.15, -0.1) is 11.3 Å². The van der Waals surface area contributed by atoms with Crippen molar-refractivity contribution < 1.29 is 23.8 Å². The first-order valence-corrected chi connectivity index (χ1v) is 10.8. The molecular weight excluding hydrogens is 423 g/mol. The second-order valence-corrected chi connectivity index (χ2v) is 8.43. The van der Waals surface area contributed by atoms with Gasteiger partial charge in [-0.1, -0.05) is 6.08 Å². The monoisotopic (exact) mass is 446 g/mol. The van der Waals surface area contributed by atoms with E-state index in [1.165, 1.54) is 18.4 Å². The fourth-order valence-corrected chi connectivity index (χ4v) is 4.77. The number of ether oxygens (including phenoxy) is 2. The lowest BCUT2D eigenvalue weighted by Crippen LogP contribution is -2.15. The number of halogens is 1. The number of rotatable bonds is 7. The molecule has 1 unspecified atom stereocenters. The molecule has 0 spiro atoms. The minimum absolute atomic E-state index is 0.359. The van der Waals surface area contributed by atoms with E-state index in [0.29, 0.717) is 29.8 Å². The molecule has 3 aromatic rings. The molecule has 8 nitrogen and oxygen atoms in total. The Kier molecular flexibility index (Phi) is 6.28. The molecule has 3 heterocycles. The van der Waals surface area contributed by atoms with Gasteiger partial charge in [-0.25, -0.2) is 14.8 Å². The first-order chi connectivity index (χ1) is 15.0. The van der Waals surface area contributed by atoms with Gasteiger partial charge in [0.05, 0.1) is 25.4 Å². The Balaban J connectivity index is 1.52. The topological polar surface area (TPSA) is 99.4 Å². The van der Waals surface area contributed by atoms with Crippen molar-refractivity contribution in [2.45, 2.75) is 32.2 Å². The van der Waals surface area contributed by atoms with E-state index in [1.54, 1.807) is 7.11 Å². The molecule has 0 saturated carbocycles. The summed E-state index contributed by atoms with van der Waals surface area (Å²) in [6.45, 7) is 1.19. The van der Waals surface area contributed by atoms with Crippen molar-refractivity contribution in [3.8, 4) is 5.88 Å². The van der Waals surface area contributed by atoms with Gasteiger partial charge in [0.25, 0.3) is 5.88 Å². The van der Waals surface area contributed by atoms with Gasteiger partial charge in [-0.2, -0.15) is 9.37 Å². The van der Waals surface area contributed by atoms with E-state index >= 15 is 0 Å². The number of hydrogen-bond acceptors (Lipinski definition) is 8. The Labute approximate surface area is 182 Å². The quantitative estimate of drug-likeness (QED) is 0.554. The Morgan fingerprint density at radius 2 is 2.23 bits per heavy atom. The van der Waals surface area contributed by atoms with Crippen LogP contribution in [0.25, 0.3) is 15.9 Å². The number of carbonyl (C=O) groups excluding carboxylic acids is 1. The Hall–Kier alpha value is -2.85. The Morgan fingerprint density at radius 3 is 2.90 bits per heavy atom. The second-order valence-electron chi connectivity index (χ2n) is 7.40. The molecule has 10 heteroatoms. The summed E-state index contributed by atoms with van der Waals surface area (Å²) in [5.41, 5.74) is 1.83. The average molecular weight is 447 g/mol. The molecule has 0 saturated heterocycles. The Bertz CT molecular complexity index is 1140. The zero-order valence-corrected chi connectivity index (χ0v) is 18.1. The normalized spacial score (nSPS) is 16.5. The smallest absolute Gasteiger partial charge is 0.348 e. The van der Waals surface area contributed by atoms with Crippen molar-refractivity contribution >= 4 is 33.2 Å². The highest BCUT2D eigenvalue weighted by molar-refractivity contribution is 7.20. The van der Waals surface area contributed by atoms with Gasteiger partial charge < -0.3 is 19.1 Å². The third-order valence-electron chi connectivity index (χ3n) is 5.44. The van der Waals surface area contributed by atoms with Gasteiger partial charge in [0, 0.05) is 20.1 Å². The van der Waals surface area contributed by atoms with Crippen molar-refractivity contribution in [1.82, 2.24) is 19.5 Å². The predicted octanol–water partition coefficient (Wildman–Crippen LogP) is 3.59. The maximum absolute atomic E-state index is 13.2. The summed E-state index contributed by atoms with van der Waals surface area (Å²) in [5.74, 6) is -0.0876. The molecule has 0 aromatic carbocycles. The first-order valence-electron chi connectivity index (χ1n) is 9.97. The number of thiophene rings is 1. The molecule has 0 aliphatic heterocycles. The molecule has 3 aromatic heterocycles. The van der Waals surface area contributed by atoms with Crippen molar-refractivity contribution in [3.05, 3.63) is 40.7 Å². The van der Waals surface area contributed by atoms with E-state index in [0.717, 1.165) is 53.6 Å². The van der Waals surface area contributed by atoms with Gasteiger partial charge in [-0.05, 0) is 36.8 Å². The van der Waals surface area contributed by atoms with Crippen LogP contribution in [0.2, 0.25) is 0 Å². The summed E-state index contributed by atoms with van der Waals surface area (Å²) in [6, 6.07) is 1.83. The van der Waals surface area contributed by atoms with Gasteiger partial charge in [0.1, 0.15) is 15.5 Å². The van der Waals surface area contributed by atoms with Crippen LogP contribution in [0, 0.1) is 11.7 Å². The van der Waals surface area contributed by atoms with Crippen LogP contribution in [0.1, 0.15) is 40.6 Å². The summed E-state index contributed by atoms with van der Waals surface area (Å²) in [7, 11) is 3.03. The fraction of sp³-hybridized carbons (Fsp3) is 0.429. The van der Waals surface area contributed by atoms with E-state index in [4.69, 9.17) is 14.5 Å². The van der Waals surface area contributed by atoms with Crippen molar-refractivity contribution in [3.63, 3.8) is 0 Å². The molecule has 4 rings (SSSR count). The Morgan fingerprint density at radius 1 is 1.39 bits per heavy atom. The van der Waals surface area contributed by atoms with Crippen LogP contribution in [0.3, 0.4) is 0 Å². The molecule has 0 bridgehead atoms. The lowest BCUT2D eigenvalue weighted by atomic mass is 9.87. The number of esters is 1. The summed E-state index contributed by atoms with van der Waals surface area (Å²) in [4.78, 5) is 25.8. The molecule has 1 N–H and O–H groups in total. The zero-order valence-electron chi connectivity index (χ0n) is 17.3. The minimum Gasteiger partial charge on any atom is -0.491 e. The van der Waals surface area contributed by atoms with E-state index in [9.17, 15) is 14.3 Å². The second kappa shape index (κ2) is 9.11. The molecule has 0 fully saturated rings. The zero-order chi connectivity index (χ0) is 22.0. The number of methoxy groups -OCH3 is 2. The number of hydrogen-bond donors (Lipinski definition) is 1. The number of fused-ring (bicyclic) bond motifs is 1. The molecule has 1 atom stereocenters. The summed E-state index contributed by atoms with van der Waals surface area (Å²) >= 11 is 1.33.